The van der Waals surface area contributed by atoms with Crippen LogP contribution in [-0.4, -0.2) is 96.9 Å². The van der Waals surface area contributed by atoms with Gasteiger partial charge in [-0.1, -0.05) is 6.07 Å². The molecule has 1 atom stereocenters. The molecule has 2 saturated heterocycles. The maximum Gasteiger partial charge on any atom is 0.255 e. The molecule has 2 aliphatic heterocycles. The number of morpholine rings is 2. The Balaban J connectivity index is 1.60. The number of benzene rings is 1. The lowest BCUT2D eigenvalue weighted by molar-refractivity contribution is 0.0169. The monoisotopic (exact) mass is 525 g/mol. The number of rotatable bonds is 9. The van der Waals surface area contributed by atoms with Gasteiger partial charge in [0.2, 0.25) is 10.0 Å². The molecule has 2 fully saturated rings. The minimum Gasteiger partial charge on any atom is -0.493 e. The normalized spacial score (nSPS) is 18.7. The number of amides is 1. The van der Waals surface area contributed by atoms with Crippen molar-refractivity contribution < 1.29 is 32.2 Å². The highest BCUT2D eigenvalue weighted by molar-refractivity contribution is 7.89. The second-order valence-electron chi connectivity index (χ2n) is 8.11. The average Bonchev–Trinajstić information content (AvgIpc) is 3.43. The molecule has 1 aromatic carbocycles. The van der Waals surface area contributed by atoms with Crippen molar-refractivity contribution in [1.29, 1.82) is 0 Å². The lowest BCUT2D eigenvalue weighted by atomic mass is 10.1. The highest BCUT2D eigenvalue weighted by Gasteiger charge is 2.31. The standard InChI is InChI=1S/C23H31N3O7S2/c1-30-20-15-17(35(28,29)26-7-11-33-12-8-26)14-18(22(20)31-2)23(27)24-16-19(21-4-3-13-34-21)25-5-9-32-10-6-25/h3-4,13-15,19H,5-12,16H2,1-2H3,(H,24,27). The zero-order chi connectivity index (χ0) is 24.8. The molecule has 1 aromatic heterocycles. The van der Waals surface area contributed by atoms with Gasteiger partial charge in [-0.2, -0.15) is 4.31 Å². The molecule has 3 heterocycles. The molecule has 10 nitrogen and oxygen atoms in total. The van der Waals surface area contributed by atoms with Crippen molar-refractivity contribution in [1.82, 2.24) is 14.5 Å². The minimum atomic E-state index is -3.84. The first-order valence-electron chi connectivity index (χ1n) is 11.4. The molecule has 4 rings (SSSR count). The van der Waals surface area contributed by atoms with Gasteiger partial charge in [0.15, 0.2) is 11.5 Å². The van der Waals surface area contributed by atoms with Crippen LogP contribution in [0.25, 0.3) is 0 Å². The van der Waals surface area contributed by atoms with Crippen LogP contribution in [0.2, 0.25) is 0 Å². The molecule has 1 amide bonds. The Morgan fingerprint density at radius 3 is 2.37 bits per heavy atom. The molecule has 0 bridgehead atoms. The van der Waals surface area contributed by atoms with Crippen LogP contribution < -0.4 is 14.8 Å². The SMILES string of the molecule is COc1cc(S(=O)(=O)N2CCOCC2)cc(C(=O)NCC(c2cccs2)N2CCOCC2)c1OC. The topological polar surface area (TPSA) is 107 Å². The Kier molecular flexibility index (Phi) is 8.63. The molecule has 0 aliphatic carbocycles. The fourth-order valence-electron chi connectivity index (χ4n) is 4.26. The first kappa shape index (κ1) is 25.9. The quantitative estimate of drug-likeness (QED) is 0.526. The first-order valence-corrected chi connectivity index (χ1v) is 13.7. The van der Waals surface area contributed by atoms with Crippen molar-refractivity contribution in [3.63, 3.8) is 0 Å². The maximum absolute atomic E-state index is 13.4. The number of nitrogens with zero attached hydrogens (tertiary/aromatic N) is 2. The summed E-state index contributed by atoms with van der Waals surface area (Å²) in [5.41, 5.74) is 0.102. The Morgan fingerprint density at radius 1 is 1.09 bits per heavy atom. The van der Waals surface area contributed by atoms with Crippen molar-refractivity contribution in [3.05, 3.63) is 40.1 Å². The summed E-state index contributed by atoms with van der Waals surface area (Å²) in [6, 6.07) is 6.77. The minimum absolute atomic E-state index is 0.0176. The summed E-state index contributed by atoms with van der Waals surface area (Å²) in [5, 5.41) is 5.00. The molecule has 1 unspecified atom stereocenters. The third kappa shape index (κ3) is 5.79. The maximum atomic E-state index is 13.4. The largest absolute Gasteiger partial charge is 0.493 e. The summed E-state index contributed by atoms with van der Waals surface area (Å²) in [5.74, 6) is -0.0751. The lowest BCUT2D eigenvalue weighted by Gasteiger charge is -2.34. The number of hydrogen-bond donors (Lipinski definition) is 1. The van der Waals surface area contributed by atoms with Crippen LogP contribution in [0.1, 0.15) is 21.3 Å². The number of methoxy groups -OCH3 is 2. The number of carbonyl (C=O) groups is 1. The van der Waals surface area contributed by atoms with E-state index < -0.39 is 15.9 Å². The van der Waals surface area contributed by atoms with Crippen LogP contribution in [0.3, 0.4) is 0 Å². The highest BCUT2D eigenvalue weighted by atomic mass is 32.2. The molecule has 0 saturated carbocycles. The third-order valence-corrected chi connectivity index (χ3v) is 8.97. The number of ether oxygens (including phenoxy) is 4. The van der Waals surface area contributed by atoms with Gasteiger partial charge in [0, 0.05) is 43.7 Å². The van der Waals surface area contributed by atoms with E-state index in [1.165, 1.54) is 30.7 Å². The molecule has 2 aromatic rings. The summed E-state index contributed by atoms with van der Waals surface area (Å²) in [4.78, 5) is 16.8. The van der Waals surface area contributed by atoms with Crippen LogP contribution in [0.4, 0.5) is 0 Å². The number of sulfonamides is 1. The second kappa shape index (κ2) is 11.7. The molecule has 1 N–H and O–H groups in total. The van der Waals surface area contributed by atoms with Gasteiger partial charge in [-0.05, 0) is 17.5 Å². The number of hydrogen-bond acceptors (Lipinski definition) is 9. The first-order chi connectivity index (χ1) is 17.0. The van der Waals surface area contributed by atoms with Gasteiger partial charge >= 0.3 is 0 Å². The summed E-state index contributed by atoms with van der Waals surface area (Å²) >= 11 is 1.63. The molecule has 12 heteroatoms. The van der Waals surface area contributed by atoms with Gasteiger partial charge in [-0.3, -0.25) is 9.69 Å². The van der Waals surface area contributed by atoms with E-state index in [2.05, 4.69) is 16.3 Å². The molecular formula is C23H31N3O7S2. The Bertz CT molecular complexity index is 1100. The van der Waals surface area contributed by atoms with Crippen molar-refractivity contribution >= 4 is 27.3 Å². The molecule has 192 valence electrons. The zero-order valence-electron chi connectivity index (χ0n) is 19.9. The third-order valence-electron chi connectivity index (χ3n) is 6.12. The molecule has 0 radical (unpaired) electrons. The van der Waals surface area contributed by atoms with E-state index in [0.29, 0.717) is 33.0 Å². The van der Waals surface area contributed by atoms with E-state index in [0.717, 1.165) is 18.0 Å². The van der Waals surface area contributed by atoms with Gasteiger partial charge in [-0.15, -0.1) is 11.3 Å². The summed E-state index contributed by atoms with van der Waals surface area (Å²) in [7, 11) is -1.01. The van der Waals surface area contributed by atoms with Crippen LogP contribution >= 0.6 is 11.3 Å². The zero-order valence-corrected chi connectivity index (χ0v) is 21.5. The van der Waals surface area contributed by atoms with Gasteiger partial charge in [0.25, 0.3) is 5.91 Å². The van der Waals surface area contributed by atoms with Crippen LogP contribution in [0.5, 0.6) is 11.5 Å². The summed E-state index contributed by atoms with van der Waals surface area (Å²) in [6.45, 7) is 4.32. The van der Waals surface area contributed by atoms with Crippen molar-refractivity contribution in [2.24, 2.45) is 0 Å². The van der Waals surface area contributed by atoms with Crippen LogP contribution in [0, 0.1) is 0 Å². The van der Waals surface area contributed by atoms with E-state index in [4.69, 9.17) is 18.9 Å². The van der Waals surface area contributed by atoms with Gasteiger partial charge < -0.3 is 24.3 Å². The van der Waals surface area contributed by atoms with E-state index in [1.807, 2.05) is 11.4 Å². The Morgan fingerprint density at radius 2 is 1.77 bits per heavy atom. The summed E-state index contributed by atoms with van der Waals surface area (Å²) in [6.07, 6.45) is 0. The average molecular weight is 526 g/mol. The van der Waals surface area contributed by atoms with Gasteiger partial charge in [-0.25, -0.2) is 8.42 Å². The van der Waals surface area contributed by atoms with E-state index in [-0.39, 0.29) is 41.1 Å². The molecule has 2 aliphatic rings. The van der Waals surface area contributed by atoms with Crippen LogP contribution in [0.15, 0.2) is 34.5 Å². The predicted molar refractivity (Wildman–Crippen MR) is 131 cm³/mol. The van der Waals surface area contributed by atoms with Crippen molar-refractivity contribution in [2.75, 3.05) is 73.4 Å². The van der Waals surface area contributed by atoms with E-state index in [1.54, 1.807) is 11.3 Å². The van der Waals surface area contributed by atoms with Gasteiger partial charge in [0.1, 0.15) is 0 Å². The van der Waals surface area contributed by atoms with E-state index in [9.17, 15) is 13.2 Å². The number of thiophene rings is 1. The number of nitrogens with one attached hydrogen (secondary N) is 1. The fourth-order valence-corrected chi connectivity index (χ4v) is 6.57. The van der Waals surface area contributed by atoms with E-state index >= 15 is 0 Å². The smallest absolute Gasteiger partial charge is 0.255 e. The molecule has 35 heavy (non-hydrogen) atoms. The van der Waals surface area contributed by atoms with Crippen molar-refractivity contribution in [2.45, 2.75) is 10.9 Å². The Hall–Kier alpha value is -2.22. The lowest BCUT2D eigenvalue weighted by Crippen LogP contribution is -2.43. The predicted octanol–water partition coefficient (Wildman–Crippen LogP) is 1.59. The fraction of sp³-hybridized carbons (Fsp3) is 0.522. The molecule has 0 spiro atoms. The second-order valence-corrected chi connectivity index (χ2v) is 11.0. The number of carbonyl (C=O) groups excluding carboxylic acids is 1. The Labute approximate surface area is 209 Å². The molecular weight excluding hydrogens is 494 g/mol. The van der Waals surface area contributed by atoms with Gasteiger partial charge in [0.05, 0.1) is 57.1 Å². The van der Waals surface area contributed by atoms with Crippen molar-refractivity contribution in [3.8, 4) is 11.5 Å². The summed E-state index contributed by atoms with van der Waals surface area (Å²) < 4.78 is 49.5. The van der Waals surface area contributed by atoms with Crippen LogP contribution in [-0.2, 0) is 19.5 Å². The highest BCUT2D eigenvalue weighted by Crippen LogP contribution is 2.35.